The Hall–Kier alpha value is -1.75. The normalized spacial score (nSPS) is 10.5. The number of thiazole rings is 1. The van der Waals surface area contributed by atoms with E-state index in [1.807, 2.05) is 0 Å². The largest absolute Gasteiger partial charge is 0.382 e. The number of hydrogen-bond donors (Lipinski definition) is 1. The number of carbonyl (C=O) groups excluding carboxylic acids is 1. The van der Waals surface area contributed by atoms with E-state index in [4.69, 9.17) is 5.73 Å². The number of rotatable bonds is 2. The Balaban J connectivity index is 2.55. The van der Waals surface area contributed by atoms with Crippen LogP contribution in [0.2, 0.25) is 0 Å². The minimum absolute atomic E-state index is 0.0721. The first-order valence-corrected chi connectivity index (χ1v) is 5.85. The number of carbonyl (C=O) groups is 1. The van der Waals surface area contributed by atoms with Crippen molar-refractivity contribution in [2.45, 2.75) is 13.8 Å². The molecule has 0 atom stereocenters. The third-order valence-electron chi connectivity index (χ3n) is 2.42. The Morgan fingerprint density at radius 1 is 1.41 bits per heavy atom. The predicted octanol–water partition coefficient (Wildman–Crippen LogP) is 2.71. The van der Waals surface area contributed by atoms with E-state index in [1.54, 1.807) is 26.0 Å². The minimum atomic E-state index is -0.527. The highest BCUT2D eigenvalue weighted by atomic mass is 32.1. The number of nitrogens with zero attached hydrogens (tertiary/aromatic N) is 1. The fourth-order valence-corrected chi connectivity index (χ4v) is 2.42. The molecule has 0 saturated carbocycles. The number of aromatic nitrogens is 1. The maximum atomic E-state index is 13.6. The smallest absolute Gasteiger partial charge is 0.209 e. The van der Waals surface area contributed by atoms with Crippen LogP contribution in [0.1, 0.15) is 25.8 Å². The van der Waals surface area contributed by atoms with Gasteiger partial charge in [-0.05, 0) is 25.5 Å². The molecule has 0 unspecified atom stereocenters. The van der Waals surface area contributed by atoms with E-state index in [2.05, 4.69) is 4.98 Å². The number of aryl methyl sites for hydroxylation is 2. The van der Waals surface area contributed by atoms with Gasteiger partial charge < -0.3 is 5.73 Å². The lowest BCUT2D eigenvalue weighted by Crippen LogP contribution is -2.07. The zero-order valence-electron chi connectivity index (χ0n) is 9.45. The first-order valence-electron chi connectivity index (χ1n) is 5.03. The van der Waals surface area contributed by atoms with Crippen LogP contribution in [0, 0.1) is 19.7 Å². The lowest BCUT2D eigenvalue weighted by Gasteiger charge is -2.04. The first kappa shape index (κ1) is 11.7. The fourth-order valence-electron chi connectivity index (χ4n) is 1.64. The van der Waals surface area contributed by atoms with Gasteiger partial charge >= 0.3 is 0 Å². The van der Waals surface area contributed by atoms with Crippen molar-refractivity contribution in [3.8, 4) is 0 Å². The molecule has 2 aromatic rings. The summed E-state index contributed by atoms with van der Waals surface area (Å²) < 4.78 is 13.6. The van der Waals surface area contributed by atoms with E-state index in [1.165, 1.54) is 17.4 Å². The fraction of sp³-hybridized carbons (Fsp3) is 0.167. The molecule has 0 spiro atoms. The van der Waals surface area contributed by atoms with Crippen LogP contribution in [0.3, 0.4) is 0 Å². The van der Waals surface area contributed by atoms with Crippen LogP contribution in [0.25, 0.3) is 0 Å². The molecule has 0 fully saturated rings. The quantitative estimate of drug-likeness (QED) is 0.834. The van der Waals surface area contributed by atoms with Gasteiger partial charge in [-0.25, -0.2) is 9.37 Å². The topological polar surface area (TPSA) is 56.0 Å². The van der Waals surface area contributed by atoms with Crippen LogP contribution < -0.4 is 5.73 Å². The molecule has 0 aliphatic carbocycles. The van der Waals surface area contributed by atoms with E-state index >= 15 is 0 Å². The molecule has 2 N–H and O–H groups in total. The Labute approximate surface area is 102 Å². The van der Waals surface area contributed by atoms with Gasteiger partial charge in [0.1, 0.15) is 16.5 Å². The van der Waals surface area contributed by atoms with Gasteiger partial charge in [0.15, 0.2) is 0 Å². The summed E-state index contributed by atoms with van der Waals surface area (Å²) >= 11 is 1.18. The summed E-state index contributed by atoms with van der Waals surface area (Å²) in [5.41, 5.74) is 6.31. The predicted molar refractivity (Wildman–Crippen MR) is 65.8 cm³/mol. The van der Waals surface area contributed by atoms with Crippen molar-refractivity contribution < 1.29 is 9.18 Å². The summed E-state index contributed by atoms with van der Waals surface area (Å²) in [5, 5.41) is 0.694. The number of anilines is 1. The molecule has 0 radical (unpaired) electrons. The molecule has 3 nitrogen and oxygen atoms in total. The molecule has 1 aromatic heterocycles. The van der Waals surface area contributed by atoms with Crippen LogP contribution in [0.4, 0.5) is 10.2 Å². The maximum absolute atomic E-state index is 13.6. The molecule has 2 rings (SSSR count). The second-order valence-electron chi connectivity index (χ2n) is 3.71. The maximum Gasteiger partial charge on any atom is 0.209 e. The Morgan fingerprint density at radius 2 is 2.12 bits per heavy atom. The van der Waals surface area contributed by atoms with Crippen molar-refractivity contribution in [2.75, 3.05) is 5.73 Å². The molecular weight excluding hydrogens is 239 g/mol. The Kier molecular flexibility index (Phi) is 2.93. The lowest BCUT2D eigenvalue weighted by atomic mass is 10.0. The number of halogens is 1. The third-order valence-corrected chi connectivity index (χ3v) is 3.40. The van der Waals surface area contributed by atoms with Crippen molar-refractivity contribution in [1.29, 1.82) is 0 Å². The number of hydrogen-bond acceptors (Lipinski definition) is 4. The monoisotopic (exact) mass is 250 g/mol. The van der Waals surface area contributed by atoms with Crippen LogP contribution >= 0.6 is 11.3 Å². The number of benzene rings is 1. The van der Waals surface area contributed by atoms with Crippen molar-refractivity contribution in [3.05, 3.63) is 45.0 Å². The van der Waals surface area contributed by atoms with E-state index in [0.717, 1.165) is 0 Å². The number of ketones is 1. The van der Waals surface area contributed by atoms with Gasteiger partial charge in [0.25, 0.3) is 0 Å². The average Bonchev–Trinajstić information content (AvgIpc) is 2.57. The molecule has 0 bridgehead atoms. The molecule has 1 heterocycles. The van der Waals surface area contributed by atoms with Gasteiger partial charge in [0, 0.05) is 0 Å². The molecule has 5 heteroatoms. The van der Waals surface area contributed by atoms with E-state index in [0.29, 0.717) is 15.4 Å². The molecule has 1 aromatic carbocycles. The van der Waals surface area contributed by atoms with Crippen LogP contribution in [-0.4, -0.2) is 10.8 Å². The minimum Gasteiger partial charge on any atom is -0.382 e. The third kappa shape index (κ3) is 2.06. The highest BCUT2D eigenvalue weighted by Crippen LogP contribution is 2.25. The van der Waals surface area contributed by atoms with Crippen LogP contribution in [-0.2, 0) is 0 Å². The second kappa shape index (κ2) is 4.25. The summed E-state index contributed by atoms with van der Waals surface area (Å²) in [4.78, 5) is 16.4. The van der Waals surface area contributed by atoms with Gasteiger partial charge in [0.2, 0.25) is 5.78 Å². The standard InChI is InChI=1S/C12H11FN2OS/c1-6-4-3-5-8(13)9(6)10(16)11-12(14)15-7(2)17-11/h3-5H,14H2,1-2H3. The Morgan fingerprint density at radius 3 is 2.65 bits per heavy atom. The highest BCUT2D eigenvalue weighted by Gasteiger charge is 2.21. The molecule has 0 amide bonds. The Bertz CT molecular complexity index is 572. The van der Waals surface area contributed by atoms with Gasteiger partial charge in [-0.3, -0.25) is 4.79 Å². The van der Waals surface area contributed by atoms with E-state index < -0.39 is 11.6 Å². The summed E-state index contributed by atoms with van der Waals surface area (Å²) in [6.45, 7) is 3.45. The van der Waals surface area contributed by atoms with Crippen molar-refractivity contribution >= 4 is 22.9 Å². The number of nitrogen functional groups attached to an aromatic ring is 1. The van der Waals surface area contributed by atoms with Crippen molar-refractivity contribution in [1.82, 2.24) is 4.98 Å². The van der Waals surface area contributed by atoms with Crippen LogP contribution in [0.15, 0.2) is 18.2 Å². The summed E-state index contributed by atoms with van der Waals surface area (Å²) in [6.07, 6.45) is 0. The van der Waals surface area contributed by atoms with Gasteiger partial charge in [-0.2, -0.15) is 0 Å². The van der Waals surface area contributed by atoms with Gasteiger partial charge in [-0.15, -0.1) is 11.3 Å². The first-order chi connectivity index (χ1) is 8.00. The van der Waals surface area contributed by atoms with E-state index in [-0.39, 0.29) is 11.4 Å². The molecular formula is C12H11FN2OS. The lowest BCUT2D eigenvalue weighted by molar-refractivity contribution is 0.103. The van der Waals surface area contributed by atoms with Crippen molar-refractivity contribution in [2.24, 2.45) is 0 Å². The molecule has 17 heavy (non-hydrogen) atoms. The average molecular weight is 250 g/mol. The van der Waals surface area contributed by atoms with Gasteiger partial charge in [-0.1, -0.05) is 12.1 Å². The SMILES string of the molecule is Cc1nc(N)c(C(=O)c2c(C)cccc2F)s1. The summed E-state index contributed by atoms with van der Waals surface area (Å²) in [7, 11) is 0. The summed E-state index contributed by atoms with van der Waals surface area (Å²) in [6, 6.07) is 4.54. The van der Waals surface area contributed by atoms with E-state index in [9.17, 15) is 9.18 Å². The molecule has 0 aliphatic heterocycles. The molecule has 0 saturated heterocycles. The number of nitrogens with two attached hydrogens (primary N) is 1. The summed E-state index contributed by atoms with van der Waals surface area (Å²) in [5.74, 6) is -0.760. The molecule has 88 valence electrons. The van der Waals surface area contributed by atoms with Crippen LogP contribution in [0.5, 0.6) is 0 Å². The highest BCUT2D eigenvalue weighted by molar-refractivity contribution is 7.14. The van der Waals surface area contributed by atoms with Crippen molar-refractivity contribution in [3.63, 3.8) is 0 Å². The second-order valence-corrected chi connectivity index (χ2v) is 4.91. The van der Waals surface area contributed by atoms with Gasteiger partial charge in [0.05, 0.1) is 10.6 Å². The molecule has 0 aliphatic rings. The zero-order valence-corrected chi connectivity index (χ0v) is 10.3. The zero-order chi connectivity index (χ0) is 12.6.